The van der Waals surface area contributed by atoms with E-state index in [-0.39, 0.29) is 11.8 Å². The van der Waals surface area contributed by atoms with Crippen LogP contribution in [0.3, 0.4) is 0 Å². The highest BCUT2D eigenvalue weighted by atomic mass is 32.1. The number of carbonyl (C=O) groups excluding carboxylic acids is 1. The lowest BCUT2D eigenvalue weighted by Gasteiger charge is -2.23. The summed E-state index contributed by atoms with van der Waals surface area (Å²) < 4.78 is 25.7. The van der Waals surface area contributed by atoms with Crippen LogP contribution in [0.4, 0.5) is 14.9 Å². The van der Waals surface area contributed by atoms with E-state index < -0.39 is 0 Å². The van der Waals surface area contributed by atoms with Gasteiger partial charge in [0.25, 0.3) is 0 Å². The first-order valence-corrected chi connectivity index (χ1v) is 11.4. The molecule has 0 aliphatic heterocycles. The molecule has 0 unspecified atom stereocenters. The van der Waals surface area contributed by atoms with Crippen LogP contribution in [0.2, 0.25) is 0 Å². The maximum absolute atomic E-state index is 13.2. The lowest BCUT2D eigenvalue weighted by molar-refractivity contribution is 0.155. The Bertz CT molecular complexity index is 1220. The molecule has 9 heteroatoms. The van der Waals surface area contributed by atoms with Gasteiger partial charge >= 0.3 is 6.03 Å². The molecular weight excluding hydrogens is 443 g/mol. The van der Waals surface area contributed by atoms with Crippen molar-refractivity contribution in [2.24, 2.45) is 0 Å². The van der Waals surface area contributed by atoms with Crippen molar-refractivity contribution in [2.45, 2.75) is 6.42 Å². The van der Waals surface area contributed by atoms with E-state index in [0.717, 1.165) is 21.9 Å². The van der Waals surface area contributed by atoms with Crippen LogP contribution in [-0.4, -0.2) is 54.2 Å². The molecule has 0 bridgehead atoms. The largest absolute Gasteiger partial charge is 0.497 e. The van der Waals surface area contributed by atoms with Gasteiger partial charge in [0, 0.05) is 61.2 Å². The zero-order chi connectivity index (χ0) is 23.2. The quantitative estimate of drug-likeness (QED) is 0.378. The molecule has 0 saturated heterocycles. The average Bonchev–Trinajstić information content (AvgIpc) is 3.41. The SMILES string of the molecule is COCCN(CCc1csc2nc(-c3ccc(F)cc3)cn12)C(=O)Nc1cccc(OC)c1. The van der Waals surface area contributed by atoms with Gasteiger partial charge in [-0.3, -0.25) is 4.40 Å². The second kappa shape index (κ2) is 10.5. The van der Waals surface area contributed by atoms with Gasteiger partial charge in [0.1, 0.15) is 11.6 Å². The fraction of sp³-hybridized carbons (Fsp3) is 0.250. The van der Waals surface area contributed by atoms with E-state index in [0.29, 0.717) is 37.6 Å². The van der Waals surface area contributed by atoms with Crippen molar-refractivity contribution in [2.75, 3.05) is 39.2 Å². The predicted octanol–water partition coefficient (Wildman–Crippen LogP) is 4.93. The highest BCUT2D eigenvalue weighted by Gasteiger charge is 2.16. The normalized spacial score (nSPS) is 11.0. The van der Waals surface area contributed by atoms with Crippen molar-refractivity contribution in [3.8, 4) is 17.0 Å². The van der Waals surface area contributed by atoms with Gasteiger partial charge in [0.15, 0.2) is 4.96 Å². The van der Waals surface area contributed by atoms with E-state index >= 15 is 0 Å². The van der Waals surface area contributed by atoms with Crippen molar-refractivity contribution in [1.29, 1.82) is 0 Å². The highest BCUT2D eigenvalue weighted by Crippen LogP contribution is 2.24. The number of imidazole rings is 1. The van der Waals surface area contributed by atoms with Crippen LogP contribution in [-0.2, 0) is 11.2 Å². The molecule has 0 fully saturated rings. The number of carbonyl (C=O) groups is 1. The first-order chi connectivity index (χ1) is 16.1. The standard InChI is InChI=1S/C24H25FN4O3S/c1-31-13-12-28(23(30)26-19-4-3-5-21(14-19)32-2)11-10-20-16-33-24-27-22(15-29(20)24)17-6-8-18(25)9-7-17/h3-9,14-16H,10-13H2,1-2H3,(H,26,30). The number of fused-ring (bicyclic) bond motifs is 1. The third-order valence-corrected chi connectivity index (χ3v) is 6.12. The third-order valence-electron chi connectivity index (χ3n) is 5.23. The molecule has 2 heterocycles. The summed E-state index contributed by atoms with van der Waals surface area (Å²) in [6.07, 6.45) is 2.60. The lowest BCUT2D eigenvalue weighted by Crippen LogP contribution is -2.38. The average molecular weight is 469 g/mol. The van der Waals surface area contributed by atoms with Gasteiger partial charge in [-0.2, -0.15) is 0 Å². The number of aromatic nitrogens is 2. The molecular formula is C24H25FN4O3S. The molecule has 2 amide bonds. The fourth-order valence-corrected chi connectivity index (χ4v) is 4.35. The third kappa shape index (κ3) is 5.50. The maximum Gasteiger partial charge on any atom is 0.321 e. The summed E-state index contributed by atoms with van der Waals surface area (Å²) in [6.45, 7) is 1.41. The van der Waals surface area contributed by atoms with Crippen molar-refractivity contribution in [3.63, 3.8) is 0 Å². The molecule has 0 saturated carbocycles. The minimum atomic E-state index is -0.274. The lowest BCUT2D eigenvalue weighted by atomic mass is 10.2. The van der Waals surface area contributed by atoms with E-state index in [1.165, 1.54) is 23.5 Å². The van der Waals surface area contributed by atoms with Crippen molar-refractivity contribution in [3.05, 3.63) is 71.6 Å². The molecule has 0 spiro atoms. The molecule has 0 radical (unpaired) electrons. The first kappa shape index (κ1) is 22.8. The Hall–Kier alpha value is -3.43. The number of hydrogen-bond acceptors (Lipinski definition) is 5. The van der Waals surface area contributed by atoms with Crippen LogP contribution < -0.4 is 10.1 Å². The number of urea groups is 1. The van der Waals surface area contributed by atoms with Crippen LogP contribution in [0.5, 0.6) is 5.75 Å². The molecule has 172 valence electrons. The summed E-state index contributed by atoms with van der Waals surface area (Å²) in [6, 6.07) is 13.3. The molecule has 7 nitrogen and oxygen atoms in total. The zero-order valence-electron chi connectivity index (χ0n) is 18.5. The number of anilines is 1. The summed E-state index contributed by atoms with van der Waals surface area (Å²) >= 11 is 1.54. The Balaban J connectivity index is 1.46. The maximum atomic E-state index is 13.2. The van der Waals surface area contributed by atoms with Gasteiger partial charge in [-0.15, -0.1) is 11.3 Å². The van der Waals surface area contributed by atoms with Crippen LogP contribution in [0.1, 0.15) is 5.69 Å². The summed E-state index contributed by atoms with van der Waals surface area (Å²) in [5.41, 5.74) is 3.36. The number of hydrogen-bond donors (Lipinski definition) is 1. The Morgan fingerprint density at radius 2 is 2.00 bits per heavy atom. The van der Waals surface area contributed by atoms with Crippen LogP contribution in [0.15, 0.2) is 60.1 Å². The number of methoxy groups -OCH3 is 2. The van der Waals surface area contributed by atoms with Gasteiger partial charge in [-0.05, 0) is 36.4 Å². The number of amides is 2. The second-order valence-corrected chi connectivity index (χ2v) is 8.24. The van der Waals surface area contributed by atoms with Crippen molar-refractivity contribution < 1.29 is 18.7 Å². The Morgan fingerprint density at radius 1 is 1.18 bits per heavy atom. The highest BCUT2D eigenvalue weighted by molar-refractivity contribution is 7.15. The zero-order valence-corrected chi connectivity index (χ0v) is 19.3. The number of nitrogens with one attached hydrogen (secondary N) is 1. The molecule has 2 aromatic heterocycles. The number of thiazole rings is 1. The van der Waals surface area contributed by atoms with E-state index in [9.17, 15) is 9.18 Å². The monoisotopic (exact) mass is 468 g/mol. The Labute approximate surface area is 195 Å². The fourth-order valence-electron chi connectivity index (χ4n) is 3.44. The Morgan fingerprint density at radius 3 is 2.76 bits per heavy atom. The van der Waals surface area contributed by atoms with Crippen LogP contribution >= 0.6 is 11.3 Å². The van der Waals surface area contributed by atoms with E-state index in [1.54, 1.807) is 37.3 Å². The number of nitrogens with zero attached hydrogens (tertiary/aromatic N) is 3. The predicted molar refractivity (Wildman–Crippen MR) is 128 cm³/mol. The Kier molecular flexibility index (Phi) is 7.21. The van der Waals surface area contributed by atoms with Crippen LogP contribution in [0, 0.1) is 5.82 Å². The molecule has 0 aliphatic rings. The summed E-state index contributed by atoms with van der Waals surface area (Å²) in [5.74, 6) is 0.401. The van der Waals surface area contributed by atoms with Gasteiger partial charge < -0.3 is 19.7 Å². The van der Waals surface area contributed by atoms with Gasteiger partial charge in [-0.25, -0.2) is 14.2 Å². The van der Waals surface area contributed by atoms with Gasteiger partial charge in [-0.1, -0.05) is 6.07 Å². The topological polar surface area (TPSA) is 68.1 Å². The van der Waals surface area contributed by atoms with Gasteiger partial charge in [0.2, 0.25) is 0 Å². The molecule has 0 atom stereocenters. The smallest absolute Gasteiger partial charge is 0.321 e. The molecule has 33 heavy (non-hydrogen) atoms. The minimum absolute atomic E-state index is 0.204. The van der Waals surface area contributed by atoms with Crippen LogP contribution in [0.25, 0.3) is 16.2 Å². The molecule has 4 aromatic rings. The molecule has 1 N–H and O–H groups in total. The number of rotatable bonds is 9. The van der Waals surface area contributed by atoms with Crippen molar-refractivity contribution >= 4 is 28.0 Å². The number of ether oxygens (including phenoxy) is 2. The molecule has 2 aromatic carbocycles. The second-order valence-electron chi connectivity index (χ2n) is 7.40. The van der Waals surface area contributed by atoms with E-state index in [4.69, 9.17) is 9.47 Å². The first-order valence-electron chi connectivity index (χ1n) is 10.5. The number of halogens is 1. The summed E-state index contributed by atoms with van der Waals surface area (Å²) in [4.78, 5) is 20.2. The van der Waals surface area contributed by atoms with E-state index in [2.05, 4.69) is 10.3 Å². The minimum Gasteiger partial charge on any atom is -0.497 e. The molecule has 4 rings (SSSR count). The number of benzene rings is 2. The summed E-state index contributed by atoms with van der Waals surface area (Å²) in [7, 11) is 3.20. The van der Waals surface area contributed by atoms with E-state index in [1.807, 2.05) is 34.2 Å². The van der Waals surface area contributed by atoms with Gasteiger partial charge in [0.05, 0.1) is 19.4 Å². The molecule has 0 aliphatic carbocycles. The van der Waals surface area contributed by atoms with Crippen molar-refractivity contribution in [1.82, 2.24) is 14.3 Å². The summed E-state index contributed by atoms with van der Waals surface area (Å²) in [5, 5.41) is 4.97.